The fraction of sp³-hybridized carbons (Fsp3) is 0.273. The summed E-state index contributed by atoms with van der Waals surface area (Å²) in [7, 11) is 0. The predicted octanol–water partition coefficient (Wildman–Crippen LogP) is 4.35. The number of hydrogen-bond donors (Lipinski definition) is 1. The lowest BCUT2D eigenvalue weighted by atomic mass is 9.99. The SMILES string of the molecule is Cc1ccc(C)c([C@H](C)NC(=O)c2ccc(Cn3ccnc3C)cc2)c1. The van der Waals surface area contributed by atoms with Crippen LogP contribution in [0.5, 0.6) is 0 Å². The van der Waals surface area contributed by atoms with Crippen molar-refractivity contribution in [2.24, 2.45) is 0 Å². The first kappa shape index (κ1) is 17.9. The second kappa shape index (κ2) is 7.56. The van der Waals surface area contributed by atoms with Crippen molar-refractivity contribution < 1.29 is 4.79 Å². The molecule has 1 N–H and O–H groups in total. The van der Waals surface area contributed by atoms with Gasteiger partial charge < -0.3 is 9.88 Å². The standard InChI is InChI=1S/C22H25N3O/c1-15-5-6-16(2)21(13-15)17(3)24-22(26)20-9-7-19(8-10-20)14-25-12-11-23-18(25)4/h5-13,17H,14H2,1-4H3,(H,24,26)/t17-/m0/s1. The average molecular weight is 347 g/mol. The van der Waals surface area contributed by atoms with E-state index in [1.54, 1.807) is 6.20 Å². The molecule has 0 bridgehead atoms. The van der Waals surface area contributed by atoms with Gasteiger partial charge in [-0.3, -0.25) is 4.79 Å². The molecule has 4 nitrogen and oxygen atoms in total. The van der Waals surface area contributed by atoms with E-state index in [2.05, 4.69) is 46.9 Å². The third-order valence-corrected chi connectivity index (χ3v) is 4.74. The zero-order chi connectivity index (χ0) is 18.7. The van der Waals surface area contributed by atoms with Crippen molar-refractivity contribution in [3.63, 3.8) is 0 Å². The molecule has 0 aliphatic carbocycles. The van der Waals surface area contributed by atoms with Gasteiger partial charge in [0.05, 0.1) is 6.04 Å². The Labute approximate surface area is 154 Å². The summed E-state index contributed by atoms with van der Waals surface area (Å²) in [4.78, 5) is 16.8. The fourth-order valence-corrected chi connectivity index (χ4v) is 3.11. The summed E-state index contributed by atoms with van der Waals surface area (Å²) < 4.78 is 2.08. The molecule has 0 unspecified atom stereocenters. The van der Waals surface area contributed by atoms with Crippen LogP contribution in [0.25, 0.3) is 0 Å². The van der Waals surface area contributed by atoms with Gasteiger partial charge >= 0.3 is 0 Å². The molecule has 0 saturated heterocycles. The molecule has 0 saturated carbocycles. The van der Waals surface area contributed by atoms with E-state index in [0.717, 1.165) is 23.5 Å². The number of nitrogens with one attached hydrogen (secondary N) is 1. The number of carbonyl (C=O) groups is 1. The van der Waals surface area contributed by atoms with Gasteiger partial charge in [-0.15, -0.1) is 0 Å². The first-order chi connectivity index (χ1) is 12.4. The Kier molecular flexibility index (Phi) is 5.21. The number of amides is 1. The van der Waals surface area contributed by atoms with Crippen molar-refractivity contribution in [2.75, 3.05) is 0 Å². The van der Waals surface area contributed by atoms with Crippen molar-refractivity contribution in [1.82, 2.24) is 14.9 Å². The minimum Gasteiger partial charge on any atom is -0.346 e. The molecule has 1 atom stereocenters. The highest BCUT2D eigenvalue weighted by atomic mass is 16.1. The van der Waals surface area contributed by atoms with E-state index in [-0.39, 0.29) is 11.9 Å². The van der Waals surface area contributed by atoms with Gasteiger partial charge in [0.15, 0.2) is 0 Å². The summed E-state index contributed by atoms with van der Waals surface area (Å²) in [6.45, 7) is 8.90. The molecular weight excluding hydrogens is 322 g/mol. The van der Waals surface area contributed by atoms with Gasteiger partial charge in [-0.05, 0) is 56.5 Å². The van der Waals surface area contributed by atoms with Gasteiger partial charge in [0.1, 0.15) is 5.82 Å². The second-order valence-electron chi connectivity index (χ2n) is 6.85. The number of rotatable bonds is 5. The lowest BCUT2D eigenvalue weighted by Gasteiger charge is -2.17. The Bertz CT molecular complexity index is 909. The molecule has 1 amide bonds. The highest BCUT2D eigenvalue weighted by Gasteiger charge is 2.13. The molecule has 1 heterocycles. The van der Waals surface area contributed by atoms with E-state index >= 15 is 0 Å². The molecule has 3 aromatic rings. The predicted molar refractivity (Wildman–Crippen MR) is 104 cm³/mol. The van der Waals surface area contributed by atoms with Crippen molar-refractivity contribution in [1.29, 1.82) is 0 Å². The van der Waals surface area contributed by atoms with Gasteiger partial charge in [-0.2, -0.15) is 0 Å². The number of benzene rings is 2. The smallest absolute Gasteiger partial charge is 0.251 e. The molecule has 134 valence electrons. The van der Waals surface area contributed by atoms with Gasteiger partial charge in [0.25, 0.3) is 5.91 Å². The molecule has 0 fully saturated rings. The normalized spacial score (nSPS) is 12.0. The first-order valence-electron chi connectivity index (χ1n) is 8.88. The summed E-state index contributed by atoms with van der Waals surface area (Å²) >= 11 is 0. The minimum absolute atomic E-state index is 0.0318. The maximum Gasteiger partial charge on any atom is 0.251 e. The average Bonchev–Trinajstić information content (AvgIpc) is 3.02. The lowest BCUT2D eigenvalue weighted by Crippen LogP contribution is -2.27. The number of aryl methyl sites for hydroxylation is 3. The number of nitrogens with zero attached hydrogens (tertiary/aromatic N) is 2. The van der Waals surface area contributed by atoms with Crippen LogP contribution in [0, 0.1) is 20.8 Å². The largest absolute Gasteiger partial charge is 0.346 e. The third kappa shape index (κ3) is 4.02. The summed E-state index contributed by atoms with van der Waals surface area (Å²) in [5.41, 5.74) is 5.37. The number of imidazole rings is 1. The monoisotopic (exact) mass is 347 g/mol. The molecule has 26 heavy (non-hydrogen) atoms. The molecule has 0 aliphatic rings. The zero-order valence-corrected chi connectivity index (χ0v) is 15.8. The van der Waals surface area contributed by atoms with Crippen LogP contribution in [0.3, 0.4) is 0 Å². The first-order valence-corrected chi connectivity index (χ1v) is 8.88. The quantitative estimate of drug-likeness (QED) is 0.746. The van der Waals surface area contributed by atoms with Crippen LogP contribution in [-0.2, 0) is 6.54 Å². The Morgan fingerprint density at radius 2 is 1.85 bits per heavy atom. The van der Waals surface area contributed by atoms with E-state index in [4.69, 9.17) is 0 Å². The second-order valence-corrected chi connectivity index (χ2v) is 6.85. The molecule has 0 aliphatic heterocycles. The number of carbonyl (C=O) groups excluding carboxylic acids is 1. The van der Waals surface area contributed by atoms with Crippen LogP contribution < -0.4 is 5.32 Å². The Balaban J connectivity index is 1.68. The summed E-state index contributed by atoms with van der Waals surface area (Å²) in [5.74, 6) is 0.929. The van der Waals surface area contributed by atoms with Crippen LogP contribution in [0.2, 0.25) is 0 Å². The molecule has 2 aromatic carbocycles. The topological polar surface area (TPSA) is 46.9 Å². The van der Waals surface area contributed by atoms with Crippen LogP contribution in [-0.4, -0.2) is 15.5 Å². The summed E-state index contributed by atoms with van der Waals surface area (Å²) in [6, 6.07) is 14.1. The molecule has 0 radical (unpaired) electrons. The zero-order valence-electron chi connectivity index (χ0n) is 15.8. The van der Waals surface area contributed by atoms with Gasteiger partial charge in [-0.25, -0.2) is 4.98 Å². The Hall–Kier alpha value is -2.88. The van der Waals surface area contributed by atoms with Crippen LogP contribution >= 0.6 is 0 Å². The van der Waals surface area contributed by atoms with E-state index in [1.807, 2.05) is 44.3 Å². The van der Waals surface area contributed by atoms with Crippen LogP contribution in [0.4, 0.5) is 0 Å². The Morgan fingerprint density at radius 3 is 2.50 bits per heavy atom. The van der Waals surface area contributed by atoms with Crippen molar-refractivity contribution in [2.45, 2.75) is 40.3 Å². The van der Waals surface area contributed by atoms with E-state index in [0.29, 0.717) is 5.56 Å². The summed E-state index contributed by atoms with van der Waals surface area (Å²) in [5, 5.41) is 3.10. The van der Waals surface area contributed by atoms with Crippen molar-refractivity contribution in [3.05, 3.63) is 88.5 Å². The summed E-state index contributed by atoms with van der Waals surface area (Å²) in [6.07, 6.45) is 3.76. The highest BCUT2D eigenvalue weighted by Crippen LogP contribution is 2.19. The van der Waals surface area contributed by atoms with Crippen LogP contribution in [0.1, 0.15) is 51.4 Å². The van der Waals surface area contributed by atoms with E-state index < -0.39 is 0 Å². The molecule has 4 heteroatoms. The Morgan fingerprint density at radius 1 is 1.12 bits per heavy atom. The van der Waals surface area contributed by atoms with E-state index in [1.165, 1.54) is 11.1 Å². The molecule has 0 spiro atoms. The van der Waals surface area contributed by atoms with E-state index in [9.17, 15) is 4.79 Å². The fourth-order valence-electron chi connectivity index (χ4n) is 3.11. The maximum absolute atomic E-state index is 12.6. The van der Waals surface area contributed by atoms with Crippen molar-refractivity contribution >= 4 is 5.91 Å². The molecule has 1 aromatic heterocycles. The lowest BCUT2D eigenvalue weighted by molar-refractivity contribution is 0.0940. The minimum atomic E-state index is -0.0521. The third-order valence-electron chi connectivity index (χ3n) is 4.74. The van der Waals surface area contributed by atoms with Crippen LogP contribution in [0.15, 0.2) is 54.9 Å². The van der Waals surface area contributed by atoms with Gasteiger partial charge in [0.2, 0.25) is 0 Å². The molecular formula is C22H25N3O. The van der Waals surface area contributed by atoms with Gasteiger partial charge in [-0.1, -0.05) is 35.9 Å². The molecule has 3 rings (SSSR count). The maximum atomic E-state index is 12.6. The van der Waals surface area contributed by atoms with Gasteiger partial charge in [0, 0.05) is 24.5 Å². The number of aromatic nitrogens is 2. The van der Waals surface area contributed by atoms with Crippen molar-refractivity contribution in [3.8, 4) is 0 Å². The number of hydrogen-bond acceptors (Lipinski definition) is 2. The highest BCUT2D eigenvalue weighted by molar-refractivity contribution is 5.94.